The maximum Gasteiger partial charge on any atom is 0.251 e. The number of nitrogens with one attached hydrogen (secondary N) is 3. The minimum Gasteiger partial charge on any atom is -0.340 e. The van der Waals surface area contributed by atoms with Crippen LogP contribution < -0.4 is 15.4 Å². The molecule has 0 aromatic heterocycles. The van der Waals surface area contributed by atoms with E-state index in [9.17, 15) is 22.4 Å². The van der Waals surface area contributed by atoms with Crippen LogP contribution in [0, 0.1) is 5.82 Å². The Kier molecular flexibility index (Phi) is 9.29. The van der Waals surface area contributed by atoms with E-state index < -0.39 is 33.7 Å². The molecule has 0 saturated heterocycles. The van der Waals surface area contributed by atoms with Crippen molar-refractivity contribution in [2.24, 2.45) is 0 Å². The van der Waals surface area contributed by atoms with Crippen molar-refractivity contribution in [3.63, 3.8) is 0 Å². The van der Waals surface area contributed by atoms with E-state index >= 15 is 0 Å². The van der Waals surface area contributed by atoms with Gasteiger partial charge in [0.25, 0.3) is 5.91 Å². The summed E-state index contributed by atoms with van der Waals surface area (Å²) in [5.74, 6) is -1.46. The molecule has 0 saturated carbocycles. The van der Waals surface area contributed by atoms with Crippen LogP contribution in [0.5, 0.6) is 0 Å². The van der Waals surface area contributed by atoms with Crippen LogP contribution in [0.1, 0.15) is 15.9 Å². The van der Waals surface area contributed by atoms with Gasteiger partial charge in [0.2, 0.25) is 15.9 Å². The number of carbonyl (C=O) groups is 2. The quantitative estimate of drug-likeness (QED) is 0.366. The molecule has 3 rings (SSSR count). The van der Waals surface area contributed by atoms with Crippen molar-refractivity contribution < 1.29 is 22.4 Å². The van der Waals surface area contributed by atoms with Crippen molar-refractivity contribution in [2.75, 3.05) is 32.5 Å². The fourth-order valence-corrected chi connectivity index (χ4v) is 4.36. The Morgan fingerprint density at radius 1 is 0.917 bits per heavy atom. The first-order valence-electron chi connectivity index (χ1n) is 11.3. The van der Waals surface area contributed by atoms with E-state index in [1.54, 1.807) is 0 Å². The number of amides is 2. The number of nitrogens with zero attached hydrogens (tertiary/aromatic N) is 1. The van der Waals surface area contributed by atoms with Crippen molar-refractivity contribution in [1.29, 1.82) is 0 Å². The molecule has 0 aliphatic carbocycles. The van der Waals surface area contributed by atoms with Gasteiger partial charge in [0, 0.05) is 30.8 Å². The lowest BCUT2D eigenvalue weighted by atomic mass is 10.0. The number of benzene rings is 3. The molecule has 36 heavy (non-hydrogen) atoms. The second-order valence-electron chi connectivity index (χ2n) is 8.44. The summed E-state index contributed by atoms with van der Waals surface area (Å²) in [6.45, 7) is 0.822. The van der Waals surface area contributed by atoms with Crippen LogP contribution >= 0.6 is 0 Å². The monoisotopic (exact) mass is 512 g/mol. The molecule has 0 spiro atoms. The van der Waals surface area contributed by atoms with Gasteiger partial charge in [-0.05, 0) is 68.2 Å². The molecule has 2 amide bonds. The van der Waals surface area contributed by atoms with E-state index in [-0.39, 0.29) is 23.4 Å². The number of likely N-dealkylation sites (N-methyl/N-ethyl adjacent to an activating group) is 1. The molecule has 0 bridgehead atoms. The van der Waals surface area contributed by atoms with E-state index in [1.165, 1.54) is 48.5 Å². The van der Waals surface area contributed by atoms with Crippen LogP contribution in [0.3, 0.4) is 0 Å². The van der Waals surface area contributed by atoms with E-state index in [1.807, 2.05) is 49.3 Å². The van der Waals surface area contributed by atoms with Gasteiger partial charge < -0.3 is 15.5 Å². The Hall–Kier alpha value is -3.60. The van der Waals surface area contributed by atoms with Crippen molar-refractivity contribution in [3.8, 4) is 0 Å². The molecule has 0 radical (unpaired) electrons. The Balaban J connectivity index is 1.71. The molecular formula is C26H29FN4O4S. The molecular weight excluding hydrogens is 483 g/mol. The number of rotatable bonds is 11. The minimum atomic E-state index is -3.68. The second kappa shape index (κ2) is 12.4. The average Bonchev–Trinajstić information content (AvgIpc) is 2.84. The molecule has 10 heteroatoms. The Bertz CT molecular complexity index is 1270. The first-order chi connectivity index (χ1) is 17.1. The third-order valence-corrected chi connectivity index (χ3v) is 6.77. The third-order valence-electron chi connectivity index (χ3n) is 5.29. The van der Waals surface area contributed by atoms with Gasteiger partial charge in [-0.1, -0.05) is 30.3 Å². The van der Waals surface area contributed by atoms with Gasteiger partial charge in [0.15, 0.2) is 0 Å². The minimum absolute atomic E-state index is 0.0738. The molecule has 8 nitrogen and oxygen atoms in total. The molecule has 0 heterocycles. The van der Waals surface area contributed by atoms with Crippen LogP contribution in [-0.2, 0) is 21.2 Å². The van der Waals surface area contributed by atoms with Crippen molar-refractivity contribution in [2.45, 2.75) is 17.4 Å². The van der Waals surface area contributed by atoms with E-state index in [0.29, 0.717) is 12.2 Å². The van der Waals surface area contributed by atoms with Gasteiger partial charge in [-0.25, -0.2) is 17.5 Å². The Morgan fingerprint density at radius 3 is 2.17 bits per heavy atom. The number of hydrogen-bond donors (Lipinski definition) is 3. The summed E-state index contributed by atoms with van der Waals surface area (Å²) in [5.41, 5.74) is 1.43. The molecule has 0 aliphatic rings. The molecule has 0 unspecified atom stereocenters. The largest absolute Gasteiger partial charge is 0.340 e. The number of carbonyl (C=O) groups excluding carboxylic acids is 2. The van der Waals surface area contributed by atoms with Crippen molar-refractivity contribution >= 4 is 27.5 Å². The lowest BCUT2D eigenvalue weighted by Gasteiger charge is -2.19. The van der Waals surface area contributed by atoms with Gasteiger partial charge in [-0.3, -0.25) is 9.59 Å². The number of hydrogen-bond acceptors (Lipinski definition) is 5. The van der Waals surface area contributed by atoms with Crippen LogP contribution in [0.2, 0.25) is 0 Å². The van der Waals surface area contributed by atoms with Gasteiger partial charge in [0.05, 0.1) is 4.90 Å². The highest BCUT2D eigenvalue weighted by Crippen LogP contribution is 2.15. The summed E-state index contributed by atoms with van der Waals surface area (Å²) < 4.78 is 40.6. The van der Waals surface area contributed by atoms with Crippen molar-refractivity contribution in [1.82, 2.24) is 14.9 Å². The van der Waals surface area contributed by atoms with Gasteiger partial charge in [-0.2, -0.15) is 0 Å². The second-order valence-corrected chi connectivity index (χ2v) is 10.2. The predicted molar refractivity (Wildman–Crippen MR) is 137 cm³/mol. The lowest BCUT2D eigenvalue weighted by molar-refractivity contribution is -0.118. The fourth-order valence-electron chi connectivity index (χ4n) is 3.34. The third kappa shape index (κ3) is 7.98. The summed E-state index contributed by atoms with van der Waals surface area (Å²) in [5, 5.41) is 5.44. The molecule has 3 aromatic carbocycles. The normalized spacial score (nSPS) is 12.2. The first kappa shape index (κ1) is 27.0. The summed E-state index contributed by atoms with van der Waals surface area (Å²) in [7, 11) is 0.0114. The highest BCUT2D eigenvalue weighted by atomic mass is 32.2. The van der Waals surface area contributed by atoms with E-state index in [2.05, 4.69) is 15.4 Å². The summed E-state index contributed by atoms with van der Waals surface area (Å²) in [6, 6.07) is 19.1. The summed E-state index contributed by atoms with van der Waals surface area (Å²) >= 11 is 0. The zero-order chi connectivity index (χ0) is 26.1. The molecule has 0 aliphatic heterocycles. The maximum absolute atomic E-state index is 13.2. The van der Waals surface area contributed by atoms with Crippen LogP contribution in [0.15, 0.2) is 83.8 Å². The average molecular weight is 513 g/mol. The summed E-state index contributed by atoms with van der Waals surface area (Å²) in [6.07, 6.45) is 0.224. The summed E-state index contributed by atoms with van der Waals surface area (Å²) in [4.78, 5) is 27.7. The number of sulfonamides is 1. The highest BCUT2D eigenvalue weighted by Gasteiger charge is 2.23. The van der Waals surface area contributed by atoms with Gasteiger partial charge >= 0.3 is 0 Å². The maximum atomic E-state index is 13.2. The van der Waals surface area contributed by atoms with Crippen LogP contribution in [0.25, 0.3) is 0 Å². The SMILES string of the molecule is CN(C)CCNS(=O)(=O)c1ccc(NC(=O)[C@H](Cc2ccccc2)NC(=O)c2ccc(F)cc2)cc1. The number of anilines is 1. The van der Waals surface area contributed by atoms with Crippen molar-refractivity contribution in [3.05, 3.63) is 95.8 Å². The predicted octanol–water partition coefficient (Wildman–Crippen LogP) is 2.65. The topological polar surface area (TPSA) is 108 Å². The first-order valence-corrected chi connectivity index (χ1v) is 12.8. The molecule has 3 aromatic rings. The molecule has 0 fully saturated rings. The smallest absolute Gasteiger partial charge is 0.251 e. The molecule has 3 N–H and O–H groups in total. The van der Waals surface area contributed by atoms with Crippen LogP contribution in [0.4, 0.5) is 10.1 Å². The number of halogens is 1. The van der Waals surface area contributed by atoms with Gasteiger partial charge in [-0.15, -0.1) is 0 Å². The fraction of sp³-hybridized carbons (Fsp3) is 0.231. The zero-order valence-electron chi connectivity index (χ0n) is 20.1. The molecule has 190 valence electrons. The Labute approximate surface area is 210 Å². The van der Waals surface area contributed by atoms with E-state index in [4.69, 9.17) is 0 Å². The standard InChI is InChI=1S/C26H29FN4O4S/c1-31(2)17-16-28-36(34,35)23-14-12-22(13-15-23)29-26(33)24(18-19-6-4-3-5-7-19)30-25(32)20-8-10-21(27)11-9-20/h3-15,24,28H,16-18H2,1-2H3,(H,29,33)(H,30,32)/t24-/m0/s1. The zero-order valence-corrected chi connectivity index (χ0v) is 20.9. The molecule has 1 atom stereocenters. The lowest BCUT2D eigenvalue weighted by Crippen LogP contribution is -2.45. The highest BCUT2D eigenvalue weighted by molar-refractivity contribution is 7.89. The van der Waals surface area contributed by atoms with E-state index in [0.717, 1.165) is 5.56 Å². The Morgan fingerprint density at radius 2 is 1.56 bits per heavy atom. The van der Waals surface area contributed by atoms with Crippen LogP contribution in [-0.4, -0.2) is 58.4 Å². The van der Waals surface area contributed by atoms with Gasteiger partial charge in [0.1, 0.15) is 11.9 Å².